The molecule has 122 valence electrons. The van der Waals surface area contributed by atoms with Gasteiger partial charge in [0.2, 0.25) is 0 Å². The fraction of sp³-hybridized carbons (Fsp3) is 0.421. The van der Waals surface area contributed by atoms with Crippen LogP contribution in [-0.2, 0) is 5.67 Å². The molecule has 1 fully saturated rings. The van der Waals surface area contributed by atoms with Crippen LogP contribution in [0.2, 0.25) is 0 Å². The van der Waals surface area contributed by atoms with Crippen LogP contribution in [0.1, 0.15) is 24.1 Å². The number of nitrogens with zero attached hydrogens (tertiary/aromatic N) is 3. The van der Waals surface area contributed by atoms with E-state index >= 15 is 4.39 Å². The van der Waals surface area contributed by atoms with Crippen LogP contribution < -0.4 is 9.80 Å². The van der Waals surface area contributed by atoms with Gasteiger partial charge < -0.3 is 9.80 Å². The number of pyridine rings is 1. The maximum Gasteiger partial charge on any atom is 0.156 e. The van der Waals surface area contributed by atoms with Crippen molar-refractivity contribution in [1.29, 1.82) is 0 Å². The van der Waals surface area contributed by atoms with Crippen molar-refractivity contribution >= 4 is 11.4 Å². The SMILES string of the molecule is Cc1cccnc1C1(F)CCN(c2ccc(N(C)C)cc2)CC1. The molecule has 0 amide bonds. The molecule has 23 heavy (non-hydrogen) atoms. The number of aromatic nitrogens is 1. The van der Waals surface area contributed by atoms with Gasteiger partial charge in [-0.1, -0.05) is 6.07 Å². The zero-order valence-corrected chi connectivity index (χ0v) is 14.1. The molecule has 0 unspecified atom stereocenters. The van der Waals surface area contributed by atoms with Gasteiger partial charge in [0.15, 0.2) is 5.67 Å². The van der Waals surface area contributed by atoms with Gasteiger partial charge in [-0.2, -0.15) is 0 Å². The first-order valence-corrected chi connectivity index (χ1v) is 8.13. The highest BCUT2D eigenvalue weighted by Crippen LogP contribution is 2.38. The lowest BCUT2D eigenvalue weighted by Gasteiger charge is -2.38. The molecule has 1 aromatic heterocycles. The fourth-order valence-corrected chi connectivity index (χ4v) is 3.27. The maximum atomic E-state index is 15.3. The minimum absolute atomic E-state index is 0.486. The second kappa shape index (κ2) is 6.19. The summed E-state index contributed by atoms with van der Waals surface area (Å²) in [6.45, 7) is 3.37. The van der Waals surface area contributed by atoms with Crippen LogP contribution in [-0.4, -0.2) is 32.2 Å². The lowest BCUT2D eigenvalue weighted by atomic mass is 9.87. The van der Waals surface area contributed by atoms with Crippen molar-refractivity contribution in [3.05, 3.63) is 53.9 Å². The summed E-state index contributed by atoms with van der Waals surface area (Å²) in [5, 5.41) is 0. The van der Waals surface area contributed by atoms with Crippen LogP contribution in [0.3, 0.4) is 0 Å². The van der Waals surface area contributed by atoms with Crippen molar-refractivity contribution in [2.75, 3.05) is 37.0 Å². The molecule has 0 atom stereocenters. The zero-order valence-electron chi connectivity index (χ0n) is 14.1. The van der Waals surface area contributed by atoms with Crippen molar-refractivity contribution in [2.24, 2.45) is 0 Å². The molecule has 3 rings (SSSR count). The van der Waals surface area contributed by atoms with E-state index in [0.29, 0.717) is 31.6 Å². The van der Waals surface area contributed by atoms with Gasteiger partial charge in [0, 0.05) is 57.6 Å². The number of alkyl halides is 1. The average Bonchev–Trinajstić information content (AvgIpc) is 2.56. The molecule has 3 nitrogen and oxygen atoms in total. The van der Waals surface area contributed by atoms with Gasteiger partial charge in [0.05, 0.1) is 5.69 Å². The standard InChI is InChI=1S/C19H24FN3/c1-15-5-4-12-21-18(15)19(20)10-13-23(14-11-19)17-8-6-16(7-9-17)22(2)3/h4-9,12H,10-11,13-14H2,1-3H3. The third kappa shape index (κ3) is 3.16. The summed E-state index contributed by atoms with van der Waals surface area (Å²) in [6.07, 6.45) is 2.66. The number of hydrogen-bond donors (Lipinski definition) is 0. The maximum absolute atomic E-state index is 15.3. The minimum atomic E-state index is -1.30. The molecule has 0 bridgehead atoms. The molecule has 0 radical (unpaired) electrons. The van der Waals surface area contributed by atoms with Crippen LogP contribution in [0.15, 0.2) is 42.6 Å². The summed E-state index contributed by atoms with van der Waals surface area (Å²) in [5.74, 6) is 0. The van der Waals surface area contributed by atoms with Gasteiger partial charge in [-0.25, -0.2) is 4.39 Å². The van der Waals surface area contributed by atoms with Crippen molar-refractivity contribution < 1.29 is 4.39 Å². The molecule has 0 aliphatic carbocycles. The molecule has 1 aliphatic rings. The Bertz CT molecular complexity index is 659. The quantitative estimate of drug-likeness (QED) is 0.856. The van der Waals surface area contributed by atoms with Gasteiger partial charge in [-0.3, -0.25) is 4.98 Å². The topological polar surface area (TPSA) is 19.4 Å². The van der Waals surface area contributed by atoms with E-state index in [1.165, 1.54) is 5.69 Å². The molecule has 2 aromatic rings. The summed E-state index contributed by atoms with van der Waals surface area (Å²) in [7, 11) is 4.06. The Hall–Kier alpha value is -2.10. The van der Waals surface area contributed by atoms with E-state index in [1.54, 1.807) is 6.20 Å². The van der Waals surface area contributed by atoms with Gasteiger partial charge in [-0.05, 0) is 42.8 Å². The Labute approximate surface area is 137 Å². The first-order chi connectivity index (χ1) is 11.0. The highest BCUT2D eigenvalue weighted by molar-refractivity contribution is 5.56. The highest BCUT2D eigenvalue weighted by atomic mass is 19.1. The molecular weight excluding hydrogens is 289 g/mol. The van der Waals surface area contributed by atoms with E-state index in [1.807, 2.05) is 33.2 Å². The van der Waals surface area contributed by atoms with Crippen LogP contribution >= 0.6 is 0 Å². The average molecular weight is 313 g/mol. The largest absolute Gasteiger partial charge is 0.378 e. The number of halogens is 1. The number of hydrogen-bond acceptors (Lipinski definition) is 3. The fourth-order valence-electron chi connectivity index (χ4n) is 3.27. The zero-order chi connectivity index (χ0) is 16.4. The number of rotatable bonds is 3. The van der Waals surface area contributed by atoms with E-state index in [2.05, 4.69) is 39.0 Å². The van der Waals surface area contributed by atoms with E-state index in [9.17, 15) is 0 Å². The third-order valence-electron chi connectivity index (χ3n) is 4.72. The molecule has 0 saturated carbocycles. The van der Waals surface area contributed by atoms with Crippen LogP contribution in [0.25, 0.3) is 0 Å². The van der Waals surface area contributed by atoms with Crippen molar-refractivity contribution in [1.82, 2.24) is 4.98 Å². The Morgan fingerprint density at radius 1 is 1.09 bits per heavy atom. The first kappa shape index (κ1) is 15.8. The minimum Gasteiger partial charge on any atom is -0.378 e. The predicted octanol–water partition coefficient (Wildman–Crippen LogP) is 3.92. The number of piperidine rings is 1. The molecule has 4 heteroatoms. The van der Waals surface area contributed by atoms with Gasteiger partial charge >= 0.3 is 0 Å². The molecule has 0 N–H and O–H groups in total. The van der Waals surface area contributed by atoms with Crippen molar-refractivity contribution in [2.45, 2.75) is 25.4 Å². The highest BCUT2D eigenvalue weighted by Gasteiger charge is 2.38. The van der Waals surface area contributed by atoms with Crippen LogP contribution in [0.5, 0.6) is 0 Å². The number of aryl methyl sites for hydroxylation is 1. The van der Waals surface area contributed by atoms with Crippen LogP contribution in [0.4, 0.5) is 15.8 Å². The normalized spacial score (nSPS) is 17.1. The molecule has 1 saturated heterocycles. The van der Waals surface area contributed by atoms with E-state index in [0.717, 1.165) is 11.3 Å². The second-order valence-electron chi connectivity index (χ2n) is 6.53. The lowest BCUT2D eigenvalue weighted by molar-refractivity contribution is 0.118. The van der Waals surface area contributed by atoms with Gasteiger partial charge in [-0.15, -0.1) is 0 Å². The number of benzene rings is 1. The summed E-state index contributed by atoms with van der Waals surface area (Å²) < 4.78 is 15.3. The predicted molar refractivity (Wildman–Crippen MR) is 94.0 cm³/mol. The summed E-state index contributed by atoms with van der Waals surface area (Å²) in [5.41, 5.74) is 2.59. The monoisotopic (exact) mass is 313 g/mol. The first-order valence-electron chi connectivity index (χ1n) is 8.13. The molecular formula is C19H24FN3. The summed E-state index contributed by atoms with van der Waals surface area (Å²) >= 11 is 0. The number of anilines is 2. The molecule has 0 spiro atoms. The van der Waals surface area contributed by atoms with Crippen LogP contribution in [0, 0.1) is 6.92 Å². The van der Waals surface area contributed by atoms with Crippen molar-refractivity contribution in [3.63, 3.8) is 0 Å². The smallest absolute Gasteiger partial charge is 0.156 e. The lowest BCUT2D eigenvalue weighted by Crippen LogP contribution is -2.41. The van der Waals surface area contributed by atoms with E-state index < -0.39 is 5.67 Å². The molecule has 1 aliphatic heterocycles. The second-order valence-corrected chi connectivity index (χ2v) is 6.53. The van der Waals surface area contributed by atoms with Gasteiger partial charge in [0.1, 0.15) is 0 Å². The Morgan fingerprint density at radius 3 is 2.30 bits per heavy atom. The molecule has 1 aromatic carbocycles. The van der Waals surface area contributed by atoms with E-state index in [-0.39, 0.29) is 0 Å². The van der Waals surface area contributed by atoms with Gasteiger partial charge in [0.25, 0.3) is 0 Å². The van der Waals surface area contributed by atoms with Crippen molar-refractivity contribution in [3.8, 4) is 0 Å². The summed E-state index contributed by atoms with van der Waals surface area (Å²) in [4.78, 5) is 8.64. The Balaban J connectivity index is 1.72. The Kier molecular flexibility index (Phi) is 4.24. The third-order valence-corrected chi connectivity index (χ3v) is 4.72. The molecule has 2 heterocycles. The summed E-state index contributed by atoms with van der Waals surface area (Å²) in [6, 6.07) is 12.3. The Morgan fingerprint density at radius 2 is 1.74 bits per heavy atom. The van der Waals surface area contributed by atoms with E-state index in [4.69, 9.17) is 0 Å².